The van der Waals surface area contributed by atoms with Crippen LogP contribution in [-0.2, 0) is 0 Å². The van der Waals surface area contributed by atoms with Crippen molar-refractivity contribution >= 4 is 5.97 Å². The molecule has 1 N–H and O–H groups in total. The zero-order chi connectivity index (χ0) is 14.8. The molecule has 10 heteroatoms. The van der Waals surface area contributed by atoms with Crippen molar-refractivity contribution in [1.82, 2.24) is 0 Å². The van der Waals surface area contributed by atoms with E-state index in [-0.39, 0.29) is 6.07 Å². The molecule has 0 aliphatic heterocycles. The van der Waals surface area contributed by atoms with E-state index in [1.165, 1.54) is 0 Å². The number of ether oxygens (including phenoxy) is 2. The van der Waals surface area contributed by atoms with Crippen LogP contribution in [0.15, 0.2) is 18.2 Å². The van der Waals surface area contributed by atoms with Gasteiger partial charge in [-0.2, -0.15) is 0 Å². The fourth-order valence-electron chi connectivity index (χ4n) is 1.08. The Morgan fingerprint density at radius 2 is 1.26 bits per heavy atom. The number of carboxylic acid groups (broad SMARTS) is 1. The van der Waals surface area contributed by atoms with Crippen LogP contribution in [0, 0.1) is 0 Å². The Labute approximate surface area is 101 Å². The Balaban J connectivity index is 3.14. The van der Waals surface area contributed by atoms with Crippen LogP contribution in [0.2, 0.25) is 0 Å². The van der Waals surface area contributed by atoms with Gasteiger partial charge in [-0.05, 0) is 12.1 Å². The van der Waals surface area contributed by atoms with E-state index >= 15 is 0 Å². The van der Waals surface area contributed by atoms with Gasteiger partial charge in [-0.15, -0.1) is 26.3 Å². The molecule has 0 radical (unpaired) electrons. The lowest BCUT2D eigenvalue weighted by molar-refractivity contribution is -0.276. The molecule has 0 saturated carbocycles. The fraction of sp³-hybridized carbons (Fsp3) is 0.222. The Bertz CT molecular complexity index is 444. The molecule has 0 saturated heterocycles. The van der Waals surface area contributed by atoms with Crippen LogP contribution in [0.1, 0.15) is 10.4 Å². The Hall–Kier alpha value is -2.13. The zero-order valence-corrected chi connectivity index (χ0v) is 8.67. The smallest absolute Gasteiger partial charge is 0.478 e. The monoisotopic (exact) mass is 290 g/mol. The molecule has 0 aliphatic rings. The number of rotatable bonds is 3. The van der Waals surface area contributed by atoms with Gasteiger partial charge in [0.1, 0.15) is 11.5 Å². The van der Waals surface area contributed by atoms with Crippen molar-refractivity contribution in [2.75, 3.05) is 0 Å². The molecule has 0 unspecified atom stereocenters. The number of carbonyl (C=O) groups is 1. The quantitative estimate of drug-likeness (QED) is 0.869. The summed E-state index contributed by atoms with van der Waals surface area (Å²) in [4.78, 5) is 10.6. The number of benzene rings is 1. The highest BCUT2D eigenvalue weighted by atomic mass is 19.4. The first kappa shape index (κ1) is 14.9. The van der Waals surface area contributed by atoms with Crippen molar-refractivity contribution in [1.29, 1.82) is 0 Å². The van der Waals surface area contributed by atoms with Gasteiger partial charge in [0, 0.05) is 6.07 Å². The maximum atomic E-state index is 11.9. The molecule has 0 bridgehead atoms. The highest BCUT2D eigenvalue weighted by Crippen LogP contribution is 2.31. The molecule has 0 aliphatic carbocycles. The summed E-state index contributed by atoms with van der Waals surface area (Å²) in [7, 11) is 0. The van der Waals surface area contributed by atoms with Crippen molar-refractivity contribution in [3.8, 4) is 11.5 Å². The molecular formula is C9H4F6O4. The summed E-state index contributed by atoms with van der Waals surface area (Å²) >= 11 is 0. The van der Waals surface area contributed by atoms with Crippen molar-refractivity contribution in [3.05, 3.63) is 23.8 Å². The summed E-state index contributed by atoms with van der Waals surface area (Å²) in [6.07, 6.45) is -10.3. The van der Waals surface area contributed by atoms with Gasteiger partial charge >= 0.3 is 18.7 Å². The van der Waals surface area contributed by atoms with Crippen LogP contribution in [-0.4, -0.2) is 23.8 Å². The molecule has 106 valence electrons. The van der Waals surface area contributed by atoms with E-state index in [0.29, 0.717) is 12.1 Å². The normalized spacial score (nSPS) is 12.1. The predicted molar refractivity (Wildman–Crippen MR) is 46.8 cm³/mol. The van der Waals surface area contributed by atoms with E-state index in [1.54, 1.807) is 0 Å². The van der Waals surface area contributed by atoms with Crippen molar-refractivity contribution in [2.24, 2.45) is 0 Å². The average molecular weight is 290 g/mol. The van der Waals surface area contributed by atoms with Gasteiger partial charge in [0.05, 0.1) is 5.56 Å². The van der Waals surface area contributed by atoms with E-state index in [0.717, 1.165) is 0 Å². The van der Waals surface area contributed by atoms with Gasteiger partial charge in [-0.1, -0.05) is 0 Å². The summed E-state index contributed by atoms with van der Waals surface area (Å²) in [5.41, 5.74) is -0.846. The largest absolute Gasteiger partial charge is 0.573 e. The first-order valence-electron chi connectivity index (χ1n) is 4.36. The third-order valence-electron chi connectivity index (χ3n) is 1.59. The average Bonchev–Trinajstić information content (AvgIpc) is 2.10. The Morgan fingerprint density at radius 1 is 0.895 bits per heavy atom. The highest BCUT2D eigenvalue weighted by molar-refractivity contribution is 5.88. The highest BCUT2D eigenvalue weighted by Gasteiger charge is 2.34. The Morgan fingerprint density at radius 3 is 1.53 bits per heavy atom. The minimum Gasteiger partial charge on any atom is -0.478 e. The molecule has 19 heavy (non-hydrogen) atoms. The van der Waals surface area contributed by atoms with Crippen LogP contribution >= 0.6 is 0 Å². The van der Waals surface area contributed by atoms with E-state index in [2.05, 4.69) is 9.47 Å². The minimum atomic E-state index is -5.17. The van der Waals surface area contributed by atoms with Crippen LogP contribution in [0.25, 0.3) is 0 Å². The Kier molecular flexibility index (Phi) is 3.82. The second-order valence-corrected chi connectivity index (χ2v) is 3.09. The van der Waals surface area contributed by atoms with E-state index in [1.807, 2.05) is 0 Å². The topological polar surface area (TPSA) is 55.8 Å². The second kappa shape index (κ2) is 4.86. The molecule has 4 nitrogen and oxygen atoms in total. The number of hydrogen-bond donors (Lipinski definition) is 1. The minimum absolute atomic E-state index is 0.271. The molecule has 0 heterocycles. The fourth-order valence-corrected chi connectivity index (χ4v) is 1.08. The maximum Gasteiger partial charge on any atom is 0.573 e. The number of alkyl halides is 6. The van der Waals surface area contributed by atoms with Gasteiger partial charge in [0.25, 0.3) is 0 Å². The number of hydrogen-bond acceptors (Lipinski definition) is 3. The lowest BCUT2D eigenvalue weighted by Gasteiger charge is -2.13. The molecule has 0 spiro atoms. The van der Waals surface area contributed by atoms with Gasteiger partial charge in [-0.25, -0.2) is 4.79 Å². The lowest BCUT2D eigenvalue weighted by Crippen LogP contribution is -2.19. The third kappa shape index (κ3) is 5.36. The van der Waals surface area contributed by atoms with Crippen molar-refractivity contribution in [2.45, 2.75) is 12.7 Å². The van der Waals surface area contributed by atoms with E-state index in [4.69, 9.17) is 5.11 Å². The second-order valence-electron chi connectivity index (χ2n) is 3.09. The summed E-state index contributed by atoms with van der Waals surface area (Å²) in [5.74, 6) is -4.00. The third-order valence-corrected chi connectivity index (χ3v) is 1.59. The molecule has 1 rings (SSSR count). The van der Waals surface area contributed by atoms with Crippen LogP contribution in [0.4, 0.5) is 26.3 Å². The molecule has 0 aromatic heterocycles. The number of aromatic carboxylic acids is 1. The van der Waals surface area contributed by atoms with Crippen LogP contribution in [0.3, 0.4) is 0 Å². The number of carboxylic acids is 1. The lowest BCUT2D eigenvalue weighted by atomic mass is 10.2. The predicted octanol–water partition coefficient (Wildman–Crippen LogP) is 3.18. The molecular weight excluding hydrogens is 286 g/mol. The van der Waals surface area contributed by atoms with E-state index in [9.17, 15) is 31.1 Å². The summed E-state index contributed by atoms with van der Waals surface area (Å²) in [6.45, 7) is 0. The van der Waals surface area contributed by atoms with Crippen LogP contribution in [0.5, 0.6) is 11.5 Å². The van der Waals surface area contributed by atoms with Gasteiger partial charge in [0.15, 0.2) is 0 Å². The van der Waals surface area contributed by atoms with Gasteiger partial charge in [-0.3, -0.25) is 0 Å². The first-order chi connectivity index (χ1) is 8.46. The summed E-state index contributed by atoms with van der Waals surface area (Å²) in [6, 6.07) is 1.10. The SMILES string of the molecule is O=C(O)c1cc(OC(F)(F)F)cc(OC(F)(F)F)c1. The van der Waals surface area contributed by atoms with Crippen LogP contribution < -0.4 is 9.47 Å². The molecule has 0 fully saturated rings. The van der Waals surface area contributed by atoms with Crippen molar-refractivity contribution in [3.63, 3.8) is 0 Å². The van der Waals surface area contributed by atoms with Gasteiger partial charge in [0.2, 0.25) is 0 Å². The molecule has 0 atom stereocenters. The standard InChI is InChI=1S/C9H4F6O4/c10-8(11,12)18-5-1-4(7(16)17)2-6(3-5)19-9(13,14)15/h1-3H,(H,16,17). The first-order valence-corrected chi connectivity index (χ1v) is 4.36. The molecule has 1 aromatic carbocycles. The maximum absolute atomic E-state index is 11.9. The zero-order valence-electron chi connectivity index (χ0n) is 8.67. The van der Waals surface area contributed by atoms with E-state index < -0.39 is 35.8 Å². The summed E-state index contributed by atoms with van der Waals surface area (Å²) in [5, 5.41) is 8.56. The van der Waals surface area contributed by atoms with Gasteiger partial charge < -0.3 is 14.6 Å². The van der Waals surface area contributed by atoms with Crippen molar-refractivity contribution < 1.29 is 45.7 Å². The summed E-state index contributed by atoms with van der Waals surface area (Å²) < 4.78 is 78.1. The molecule has 1 aromatic rings. The molecule has 0 amide bonds. The number of halogens is 6.